The zero-order chi connectivity index (χ0) is 24.3. The zero-order valence-electron chi connectivity index (χ0n) is 20.5. The standard InChI is InChI=1S/C29H35N3O3/c1-29(28(34)30-23-13-8-3-2-4-9-14-23)21-31-24(26-15-10-20-35-26)16-17-25(31)27(33)32(29)19-18-22-11-6-5-7-12-22/h5-7,10-12,15-17,20,23H,2-4,8-9,13-14,18-19,21H2,1H3,(H,30,34)/t29-/m1/s1. The monoisotopic (exact) mass is 473 g/mol. The van der Waals surface area contributed by atoms with Crippen molar-refractivity contribution in [2.24, 2.45) is 0 Å². The lowest BCUT2D eigenvalue weighted by Gasteiger charge is -2.45. The molecule has 1 saturated carbocycles. The lowest BCUT2D eigenvalue weighted by Crippen LogP contribution is -2.65. The lowest BCUT2D eigenvalue weighted by atomic mass is 9.91. The summed E-state index contributed by atoms with van der Waals surface area (Å²) < 4.78 is 7.60. The van der Waals surface area contributed by atoms with Crippen LogP contribution in [0.3, 0.4) is 0 Å². The number of carbonyl (C=O) groups is 2. The third kappa shape index (κ3) is 4.79. The minimum Gasteiger partial charge on any atom is -0.463 e. The van der Waals surface area contributed by atoms with Crippen LogP contribution in [0.2, 0.25) is 0 Å². The molecular formula is C29H35N3O3. The minimum atomic E-state index is -0.998. The number of hydrogen-bond donors (Lipinski definition) is 1. The second kappa shape index (κ2) is 10.1. The van der Waals surface area contributed by atoms with Crippen LogP contribution < -0.4 is 5.32 Å². The van der Waals surface area contributed by atoms with Gasteiger partial charge in [-0.15, -0.1) is 0 Å². The van der Waals surface area contributed by atoms with Gasteiger partial charge in [-0.05, 0) is 56.0 Å². The molecule has 184 valence electrons. The van der Waals surface area contributed by atoms with Gasteiger partial charge in [0.25, 0.3) is 5.91 Å². The van der Waals surface area contributed by atoms with Crippen molar-refractivity contribution in [2.45, 2.75) is 76.4 Å². The summed E-state index contributed by atoms with van der Waals surface area (Å²) in [4.78, 5) is 29.6. The van der Waals surface area contributed by atoms with E-state index in [-0.39, 0.29) is 17.9 Å². The fourth-order valence-electron chi connectivity index (χ4n) is 5.59. The molecule has 35 heavy (non-hydrogen) atoms. The zero-order valence-corrected chi connectivity index (χ0v) is 20.5. The van der Waals surface area contributed by atoms with Crippen LogP contribution in [-0.2, 0) is 17.8 Å². The molecule has 0 saturated heterocycles. The summed E-state index contributed by atoms with van der Waals surface area (Å²) in [5, 5.41) is 3.35. The molecule has 1 N–H and O–H groups in total. The predicted octanol–water partition coefficient (Wildman–Crippen LogP) is 5.43. The molecule has 1 aliphatic carbocycles. The number of nitrogens with zero attached hydrogens (tertiary/aromatic N) is 2. The van der Waals surface area contributed by atoms with E-state index in [2.05, 4.69) is 17.4 Å². The maximum atomic E-state index is 13.9. The molecule has 0 bridgehead atoms. The summed E-state index contributed by atoms with van der Waals surface area (Å²) in [6.07, 6.45) is 10.4. The Morgan fingerprint density at radius 3 is 2.40 bits per heavy atom. The first-order chi connectivity index (χ1) is 17.1. The Balaban J connectivity index is 1.45. The van der Waals surface area contributed by atoms with Crippen molar-refractivity contribution in [3.05, 3.63) is 72.1 Å². The number of hydrogen-bond acceptors (Lipinski definition) is 3. The maximum Gasteiger partial charge on any atom is 0.271 e. The second-order valence-corrected chi connectivity index (χ2v) is 10.1. The van der Waals surface area contributed by atoms with Crippen LogP contribution >= 0.6 is 0 Å². The van der Waals surface area contributed by atoms with E-state index >= 15 is 0 Å². The molecule has 1 aromatic carbocycles. The number of aromatic nitrogens is 1. The van der Waals surface area contributed by atoms with Gasteiger partial charge < -0.3 is 19.2 Å². The highest BCUT2D eigenvalue weighted by atomic mass is 16.3. The molecule has 2 amide bonds. The predicted molar refractivity (Wildman–Crippen MR) is 136 cm³/mol. The highest BCUT2D eigenvalue weighted by molar-refractivity contribution is 6.00. The van der Waals surface area contributed by atoms with Crippen molar-refractivity contribution >= 4 is 11.8 Å². The quantitative estimate of drug-likeness (QED) is 0.519. The Labute approximate surface area is 207 Å². The molecule has 1 aliphatic heterocycles. The highest BCUT2D eigenvalue weighted by Gasteiger charge is 2.48. The van der Waals surface area contributed by atoms with Crippen molar-refractivity contribution in [3.8, 4) is 11.5 Å². The van der Waals surface area contributed by atoms with Crippen LogP contribution in [0.25, 0.3) is 11.5 Å². The van der Waals surface area contributed by atoms with E-state index in [0.29, 0.717) is 31.0 Å². The van der Waals surface area contributed by atoms with Crippen LogP contribution in [-0.4, -0.2) is 39.4 Å². The molecular weight excluding hydrogens is 438 g/mol. The summed E-state index contributed by atoms with van der Waals surface area (Å²) in [6, 6.07) is 17.8. The average Bonchev–Trinajstić information content (AvgIpc) is 3.51. The van der Waals surface area contributed by atoms with Gasteiger partial charge in [-0.3, -0.25) is 9.59 Å². The van der Waals surface area contributed by atoms with E-state index in [1.165, 1.54) is 19.3 Å². The van der Waals surface area contributed by atoms with E-state index in [1.54, 1.807) is 11.2 Å². The molecule has 5 rings (SSSR count). The number of furan rings is 1. The van der Waals surface area contributed by atoms with Gasteiger partial charge >= 0.3 is 0 Å². The maximum absolute atomic E-state index is 13.9. The van der Waals surface area contributed by atoms with Gasteiger partial charge in [0.2, 0.25) is 5.91 Å². The number of fused-ring (bicyclic) bond motifs is 1. The lowest BCUT2D eigenvalue weighted by molar-refractivity contribution is -0.133. The van der Waals surface area contributed by atoms with Gasteiger partial charge in [-0.25, -0.2) is 0 Å². The van der Waals surface area contributed by atoms with Gasteiger partial charge in [0.05, 0.1) is 18.5 Å². The van der Waals surface area contributed by atoms with E-state index in [0.717, 1.165) is 36.9 Å². The van der Waals surface area contributed by atoms with Crippen molar-refractivity contribution in [1.29, 1.82) is 0 Å². The fourth-order valence-corrected chi connectivity index (χ4v) is 5.59. The van der Waals surface area contributed by atoms with Crippen molar-refractivity contribution in [1.82, 2.24) is 14.8 Å². The number of carbonyl (C=O) groups excluding carboxylic acids is 2. The van der Waals surface area contributed by atoms with Crippen molar-refractivity contribution in [3.63, 3.8) is 0 Å². The van der Waals surface area contributed by atoms with E-state index in [1.807, 2.05) is 54.0 Å². The number of nitrogens with one attached hydrogen (secondary N) is 1. The molecule has 3 heterocycles. The van der Waals surface area contributed by atoms with Gasteiger partial charge in [0.1, 0.15) is 17.0 Å². The highest BCUT2D eigenvalue weighted by Crippen LogP contribution is 2.34. The number of benzene rings is 1. The molecule has 3 aromatic rings. The summed E-state index contributed by atoms with van der Waals surface area (Å²) in [5.74, 6) is 0.527. The Hall–Kier alpha value is -3.28. The Bertz CT molecular complexity index is 1140. The molecule has 6 heteroatoms. The number of rotatable bonds is 6. The Morgan fingerprint density at radius 2 is 1.69 bits per heavy atom. The first-order valence-corrected chi connectivity index (χ1v) is 13.0. The van der Waals surface area contributed by atoms with Crippen LogP contribution in [0, 0.1) is 0 Å². The molecule has 0 radical (unpaired) electrons. The molecule has 0 unspecified atom stereocenters. The first-order valence-electron chi connectivity index (χ1n) is 13.0. The topological polar surface area (TPSA) is 67.5 Å². The SMILES string of the molecule is C[C@]1(C(=O)NC2CCCCCCC2)Cn2c(ccc2-c2ccco2)C(=O)N1CCc1ccccc1. The molecule has 1 atom stereocenters. The molecule has 0 spiro atoms. The van der Waals surface area contributed by atoms with Crippen LogP contribution in [0.5, 0.6) is 0 Å². The summed E-state index contributed by atoms with van der Waals surface area (Å²) in [6.45, 7) is 2.80. The number of amides is 2. The third-order valence-electron chi connectivity index (χ3n) is 7.68. The molecule has 2 aliphatic rings. The third-order valence-corrected chi connectivity index (χ3v) is 7.68. The summed E-state index contributed by atoms with van der Waals surface area (Å²) in [7, 11) is 0. The first kappa shape index (κ1) is 23.5. The Kier molecular flexibility index (Phi) is 6.80. The van der Waals surface area contributed by atoms with Gasteiger partial charge in [0, 0.05) is 12.6 Å². The van der Waals surface area contributed by atoms with Crippen LogP contribution in [0.4, 0.5) is 0 Å². The average molecular weight is 474 g/mol. The van der Waals surface area contributed by atoms with Crippen LogP contribution in [0.1, 0.15) is 67.9 Å². The largest absolute Gasteiger partial charge is 0.463 e. The van der Waals surface area contributed by atoms with Crippen LogP contribution in [0.15, 0.2) is 65.3 Å². The van der Waals surface area contributed by atoms with E-state index < -0.39 is 5.54 Å². The summed E-state index contributed by atoms with van der Waals surface area (Å²) in [5.41, 5.74) is 1.58. The molecule has 6 nitrogen and oxygen atoms in total. The van der Waals surface area contributed by atoms with E-state index in [9.17, 15) is 9.59 Å². The minimum absolute atomic E-state index is 0.0609. The Morgan fingerprint density at radius 1 is 0.971 bits per heavy atom. The van der Waals surface area contributed by atoms with E-state index in [4.69, 9.17) is 4.42 Å². The van der Waals surface area contributed by atoms with Crippen molar-refractivity contribution < 1.29 is 14.0 Å². The molecule has 1 fully saturated rings. The van der Waals surface area contributed by atoms with Gasteiger partial charge in [-0.2, -0.15) is 0 Å². The normalized spacial score (nSPS) is 21.3. The van der Waals surface area contributed by atoms with Gasteiger partial charge in [0.15, 0.2) is 0 Å². The fraction of sp³-hybridized carbons (Fsp3) is 0.448. The second-order valence-electron chi connectivity index (χ2n) is 10.1. The summed E-state index contributed by atoms with van der Waals surface area (Å²) >= 11 is 0. The van der Waals surface area contributed by atoms with Gasteiger partial charge in [-0.1, -0.05) is 62.4 Å². The smallest absolute Gasteiger partial charge is 0.271 e. The van der Waals surface area contributed by atoms with Crippen molar-refractivity contribution in [2.75, 3.05) is 6.54 Å². The molecule has 2 aromatic heterocycles.